The summed E-state index contributed by atoms with van der Waals surface area (Å²) in [5, 5.41) is 3.20. The van der Waals surface area contributed by atoms with E-state index in [0.717, 1.165) is 0 Å². The Hall–Kier alpha value is -2.24. The molecule has 120 valence electrons. The predicted molar refractivity (Wildman–Crippen MR) is 90.5 cm³/mol. The summed E-state index contributed by atoms with van der Waals surface area (Å²) >= 11 is 12.2. The molecule has 0 radical (unpaired) electrons. The number of halogens is 2. The number of hydrogen-bond donors (Lipinski definition) is 2. The first-order chi connectivity index (χ1) is 10.9. The van der Waals surface area contributed by atoms with E-state index >= 15 is 0 Å². The number of hydrogen-bond acceptors (Lipinski definition) is 3. The molecule has 0 unspecified atom stereocenters. The van der Waals surface area contributed by atoms with Crippen LogP contribution in [0.3, 0.4) is 0 Å². The number of ether oxygens (including phenoxy) is 1. The minimum absolute atomic E-state index is 0.258. The molecule has 2 rings (SSSR count). The van der Waals surface area contributed by atoms with E-state index in [1.54, 1.807) is 12.1 Å². The number of rotatable bonds is 5. The lowest BCUT2D eigenvalue weighted by Crippen LogP contribution is -2.13. The van der Waals surface area contributed by atoms with Crippen molar-refractivity contribution in [1.29, 1.82) is 0 Å². The zero-order chi connectivity index (χ0) is 17.0. The molecule has 0 atom stereocenters. The van der Waals surface area contributed by atoms with Crippen LogP contribution < -0.4 is 15.8 Å². The largest absolute Gasteiger partial charge is 0.491 e. The van der Waals surface area contributed by atoms with E-state index in [1.165, 1.54) is 24.3 Å². The fourth-order valence-corrected chi connectivity index (χ4v) is 2.49. The molecule has 0 spiro atoms. The van der Waals surface area contributed by atoms with Gasteiger partial charge >= 0.3 is 0 Å². The highest BCUT2D eigenvalue weighted by molar-refractivity contribution is 6.37. The number of nitrogens with two attached hydrogens (primary N) is 1. The maximum absolute atomic E-state index is 12.2. The summed E-state index contributed by atoms with van der Waals surface area (Å²) in [4.78, 5) is 23.3. The minimum atomic E-state index is -0.534. The van der Waals surface area contributed by atoms with Gasteiger partial charge in [-0.1, -0.05) is 23.2 Å². The molecule has 0 aliphatic heterocycles. The van der Waals surface area contributed by atoms with Crippen LogP contribution in [0.4, 0.5) is 5.69 Å². The monoisotopic (exact) mass is 352 g/mol. The smallest absolute Gasteiger partial charge is 0.255 e. The van der Waals surface area contributed by atoms with E-state index in [9.17, 15) is 9.59 Å². The summed E-state index contributed by atoms with van der Waals surface area (Å²) in [5.74, 6) is -0.574. The first kappa shape index (κ1) is 17.1. The van der Waals surface area contributed by atoms with Crippen LogP contribution in [0.15, 0.2) is 36.4 Å². The third-order valence-electron chi connectivity index (χ3n) is 2.98. The van der Waals surface area contributed by atoms with Crippen molar-refractivity contribution in [3.05, 3.63) is 57.6 Å². The Balaban J connectivity index is 2.19. The Morgan fingerprint density at radius 1 is 1.09 bits per heavy atom. The van der Waals surface area contributed by atoms with Gasteiger partial charge in [0.2, 0.25) is 5.91 Å². The maximum atomic E-state index is 12.2. The SMILES string of the molecule is CCOc1c(Cl)cc(C(=O)Nc2ccc(C(N)=O)cc2)cc1Cl. The third-order valence-corrected chi connectivity index (χ3v) is 3.54. The molecule has 23 heavy (non-hydrogen) atoms. The van der Waals surface area contributed by atoms with E-state index in [1.807, 2.05) is 6.92 Å². The molecule has 7 heteroatoms. The quantitative estimate of drug-likeness (QED) is 0.859. The summed E-state index contributed by atoms with van der Waals surface area (Å²) in [6, 6.07) is 9.16. The van der Waals surface area contributed by atoms with Crippen LogP contribution in [0.25, 0.3) is 0 Å². The normalized spacial score (nSPS) is 10.2. The van der Waals surface area contributed by atoms with Crippen molar-refractivity contribution < 1.29 is 14.3 Å². The second kappa shape index (κ2) is 7.35. The molecule has 0 saturated carbocycles. The van der Waals surface area contributed by atoms with Gasteiger partial charge < -0.3 is 15.8 Å². The van der Waals surface area contributed by atoms with Gasteiger partial charge in [0.25, 0.3) is 5.91 Å². The third kappa shape index (κ3) is 4.15. The van der Waals surface area contributed by atoms with Crippen LogP contribution in [-0.2, 0) is 0 Å². The molecular formula is C16H14Cl2N2O3. The molecule has 0 aliphatic carbocycles. The van der Waals surface area contributed by atoms with Crippen molar-refractivity contribution in [2.24, 2.45) is 5.73 Å². The second-order valence-electron chi connectivity index (χ2n) is 4.60. The number of nitrogens with one attached hydrogen (secondary N) is 1. The molecule has 0 saturated heterocycles. The van der Waals surface area contributed by atoms with Crippen molar-refractivity contribution in [1.82, 2.24) is 0 Å². The zero-order valence-electron chi connectivity index (χ0n) is 12.2. The van der Waals surface area contributed by atoms with Crippen LogP contribution in [0.5, 0.6) is 5.75 Å². The van der Waals surface area contributed by atoms with Gasteiger partial charge in [-0.25, -0.2) is 0 Å². The first-order valence-corrected chi connectivity index (χ1v) is 7.51. The van der Waals surface area contributed by atoms with Gasteiger partial charge in [0, 0.05) is 16.8 Å². The van der Waals surface area contributed by atoms with E-state index in [2.05, 4.69) is 5.32 Å². The summed E-state index contributed by atoms with van der Waals surface area (Å²) in [6.07, 6.45) is 0. The van der Waals surface area contributed by atoms with Crippen molar-refractivity contribution >= 4 is 40.7 Å². The summed E-state index contributed by atoms with van der Waals surface area (Å²) in [7, 11) is 0. The number of carbonyl (C=O) groups excluding carboxylic acids is 2. The molecule has 3 N–H and O–H groups in total. The molecule has 5 nitrogen and oxygen atoms in total. The fraction of sp³-hybridized carbons (Fsp3) is 0.125. The van der Waals surface area contributed by atoms with Gasteiger partial charge in [0.15, 0.2) is 5.75 Å². The number of anilines is 1. The highest BCUT2D eigenvalue weighted by atomic mass is 35.5. The Bertz CT molecular complexity index is 722. The molecular weight excluding hydrogens is 339 g/mol. The van der Waals surface area contributed by atoms with Crippen LogP contribution in [0, 0.1) is 0 Å². The minimum Gasteiger partial charge on any atom is -0.491 e. The molecule has 2 aromatic rings. The van der Waals surface area contributed by atoms with E-state index in [-0.39, 0.29) is 16.0 Å². The lowest BCUT2D eigenvalue weighted by molar-refractivity contribution is 0.0998. The first-order valence-electron chi connectivity index (χ1n) is 6.75. The highest BCUT2D eigenvalue weighted by Crippen LogP contribution is 2.34. The second-order valence-corrected chi connectivity index (χ2v) is 5.41. The van der Waals surface area contributed by atoms with E-state index < -0.39 is 5.91 Å². The van der Waals surface area contributed by atoms with Crippen LogP contribution in [0.2, 0.25) is 10.0 Å². The average Bonchev–Trinajstić information content (AvgIpc) is 2.51. The topological polar surface area (TPSA) is 81.4 Å². The summed E-state index contributed by atoms with van der Waals surface area (Å²) in [6.45, 7) is 2.22. The average molecular weight is 353 g/mol. The fourth-order valence-electron chi connectivity index (χ4n) is 1.89. The Morgan fingerprint density at radius 3 is 2.13 bits per heavy atom. The number of primary amides is 1. The summed E-state index contributed by atoms with van der Waals surface area (Å²) < 4.78 is 5.32. The van der Waals surface area contributed by atoms with Gasteiger partial charge in [-0.15, -0.1) is 0 Å². The van der Waals surface area contributed by atoms with Crippen molar-refractivity contribution in [2.45, 2.75) is 6.92 Å². The predicted octanol–water partition coefficient (Wildman–Crippen LogP) is 3.74. The highest BCUT2D eigenvalue weighted by Gasteiger charge is 2.14. The maximum Gasteiger partial charge on any atom is 0.255 e. The van der Waals surface area contributed by atoms with Gasteiger partial charge in [0.05, 0.1) is 16.7 Å². The zero-order valence-corrected chi connectivity index (χ0v) is 13.7. The number of amides is 2. The number of benzene rings is 2. The van der Waals surface area contributed by atoms with E-state index in [0.29, 0.717) is 29.2 Å². The van der Waals surface area contributed by atoms with Gasteiger partial charge in [-0.05, 0) is 43.3 Å². The molecule has 0 bridgehead atoms. The van der Waals surface area contributed by atoms with E-state index in [4.69, 9.17) is 33.7 Å². The van der Waals surface area contributed by atoms with Gasteiger partial charge in [-0.3, -0.25) is 9.59 Å². The standard InChI is InChI=1S/C16H14Cl2N2O3/c1-2-23-14-12(17)7-10(8-13(14)18)16(22)20-11-5-3-9(4-6-11)15(19)21/h3-8H,2H2,1H3,(H2,19,21)(H,20,22). The Kier molecular flexibility index (Phi) is 5.47. The number of carbonyl (C=O) groups is 2. The molecule has 0 aromatic heterocycles. The lowest BCUT2D eigenvalue weighted by Gasteiger charge is -2.11. The van der Waals surface area contributed by atoms with Gasteiger partial charge in [-0.2, -0.15) is 0 Å². The van der Waals surface area contributed by atoms with Crippen LogP contribution in [-0.4, -0.2) is 18.4 Å². The van der Waals surface area contributed by atoms with Crippen molar-refractivity contribution in [3.8, 4) is 5.75 Å². The van der Waals surface area contributed by atoms with Crippen molar-refractivity contribution in [3.63, 3.8) is 0 Å². The molecule has 0 fully saturated rings. The Labute approximate surface area is 143 Å². The van der Waals surface area contributed by atoms with Crippen molar-refractivity contribution in [2.75, 3.05) is 11.9 Å². The summed E-state index contributed by atoms with van der Waals surface area (Å²) in [5.41, 5.74) is 6.33. The van der Waals surface area contributed by atoms with Gasteiger partial charge in [0.1, 0.15) is 0 Å². The van der Waals surface area contributed by atoms with Crippen LogP contribution >= 0.6 is 23.2 Å². The molecule has 0 aliphatic rings. The molecule has 0 heterocycles. The molecule has 2 aromatic carbocycles. The molecule has 2 amide bonds. The Morgan fingerprint density at radius 2 is 1.65 bits per heavy atom. The van der Waals surface area contributed by atoms with Crippen LogP contribution in [0.1, 0.15) is 27.6 Å². The lowest BCUT2D eigenvalue weighted by atomic mass is 10.1.